The van der Waals surface area contributed by atoms with Crippen LogP contribution in [0.25, 0.3) is 10.9 Å². The van der Waals surface area contributed by atoms with Gasteiger partial charge >= 0.3 is 0 Å². The number of nitrogens with zero attached hydrogens (tertiary/aromatic N) is 2. The van der Waals surface area contributed by atoms with Crippen LogP contribution >= 0.6 is 11.8 Å². The molecule has 0 bridgehead atoms. The average Bonchev–Trinajstić information content (AvgIpc) is 2.73. The van der Waals surface area contributed by atoms with Gasteiger partial charge in [0.25, 0.3) is 5.56 Å². The molecule has 27 heavy (non-hydrogen) atoms. The molecule has 5 nitrogen and oxygen atoms in total. The first-order valence-corrected chi connectivity index (χ1v) is 10.8. The molecular formula is C21H26N2O3S. The van der Waals surface area contributed by atoms with E-state index in [4.69, 9.17) is 14.5 Å². The molecule has 2 heterocycles. The third-order valence-electron chi connectivity index (χ3n) is 5.24. The van der Waals surface area contributed by atoms with Crippen molar-refractivity contribution >= 4 is 22.7 Å². The molecule has 2 aromatic rings. The minimum atomic E-state index is 0.0624. The molecule has 1 fully saturated rings. The summed E-state index contributed by atoms with van der Waals surface area (Å²) in [6, 6.07) is 7.63. The van der Waals surface area contributed by atoms with Crippen LogP contribution in [0.1, 0.15) is 38.5 Å². The predicted octanol–water partition coefficient (Wildman–Crippen LogP) is 4.14. The molecule has 0 spiro atoms. The average molecular weight is 387 g/mol. The van der Waals surface area contributed by atoms with Gasteiger partial charge in [0.05, 0.1) is 23.6 Å². The first kappa shape index (κ1) is 18.7. The monoisotopic (exact) mass is 386 g/mol. The minimum Gasteiger partial charge on any atom is -0.355 e. The van der Waals surface area contributed by atoms with Crippen LogP contribution in [-0.4, -0.2) is 34.8 Å². The highest BCUT2D eigenvalue weighted by atomic mass is 32.2. The molecule has 144 valence electrons. The summed E-state index contributed by atoms with van der Waals surface area (Å²) < 4.78 is 12.8. The van der Waals surface area contributed by atoms with E-state index in [1.807, 2.05) is 28.8 Å². The molecule has 1 atom stereocenters. The molecule has 2 aliphatic rings. The van der Waals surface area contributed by atoms with E-state index in [0.717, 1.165) is 42.3 Å². The zero-order chi connectivity index (χ0) is 18.5. The fourth-order valence-corrected chi connectivity index (χ4v) is 4.73. The van der Waals surface area contributed by atoms with E-state index in [9.17, 15) is 4.79 Å². The summed E-state index contributed by atoms with van der Waals surface area (Å²) >= 11 is 1.62. The van der Waals surface area contributed by atoms with Crippen LogP contribution in [0.3, 0.4) is 0 Å². The summed E-state index contributed by atoms with van der Waals surface area (Å²) in [5.41, 5.74) is 2.31. The second-order valence-corrected chi connectivity index (χ2v) is 8.13. The fourth-order valence-electron chi connectivity index (χ4n) is 3.64. The summed E-state index contributed by atoms with van der Waals surface area (Å²) in [5.74, 6) is 0.789. The van der Waals surface area contributed by atoms with Crippen LogP contribution in [-0.2, 0) is 16.0 Å². The summed E-state index contributed by atoms with van der Waals surface area (Å²) in [4.78, 5) is 17.9. The molecule has 0 saturated carbocycles. The Morgan fingerprint density at radius 3 is 3.00 bits per heavy atom. The highest BCUT2D eigenvalue weighted by Gasteiger charge is 2.18. The lowest BCUT2D eigenvalue weighted by Gasteiger charge is -2.23. The van der Waals surface area contributed by atoms with Gasteiger partial charge in [0.1, 0.15) is 6.79 Å². The normalized spacial score (nSPS) is 20.6. The highest BCUT2D eigenvalue weighted by molar-refractivity contribution is 7.99. The lowest BCUT2D eigenvalue weighted by Crippen LogP contribution is -2.27. The Labute approximate surface area is 163 Å². The lowest BCUT2D eigenvalue weighted by molar-refractivity contribution is -0.130. The number of hydrogen-bond acceptors (Lipinski definition) is 5. The Hall–Kier alpha value is -1.63. The van der Waals surface area contributed by atoms with Gasteiger partial charge in [-0.2, -0.15) is 0 Å². The van der Waals surface area contributed by atoms with Crippen LogP contribution in [0.4, 0.5) is 0 Å². The van der Waals surface area contributed by atoms with Crippen molar-refractivity contribution < 1.29 is 9.47 Å². The van der Waals surface area contributed by atoms with Crippen LogP contribution in [0, 0.1) is 0 Å². The van der Waals surface area contributed by atoms with Crippen LogP contribution in [0.2, 0.25) is 0 Å². The molecule has 1 saturated heterocycles. The number of benzene rings is 1. The topological polar surface area (TPSA) is 53.4 Å². The Bertz CT molecular complexity index is 871. The summed E-state index contributed by atoms with van der Waals surface area (Å²) in [7, 11) is 0. The van der Waals surface area contributed by atoms with E-state index in [2.05, 4.69) is 6.08 Å². The lowest BCUT2D eigenvalue weighted by atomic mass is 9.97. The van der Waals surface area contributed by atoms with Crippen molar-refractivity contribution in [2.75, 3.05) is 19.2 Å². The zero-order valence-corrected chi connectivity index (χ0v) is 16.4. The van der Waals surface area contributed by atoms with Gasteiger partial charge in [-0.15, -0.1) is 0 Å². The van der Waals surface area contributed by atoms with Gasteiger partial charge in [0, 0.05) is 12.3 Å². The van der Waals surface area contributed by atoms with Crippen molar-refractivity contribution in [2.24, 2.45) is 0 Å². The first-order chi connectivity index (χ1) is 13.3. The van der Waals surface area contributed by atoms with Crippen molar-refractivity contribution in [3.05, 3.63) is 46.3 Å². The maximum absolute atomic E-state index is 13.1. The molecule has 6 heteroatoms. The number of aromatic nitrogens is 2. The minimum absolute atomic E-state index is 0.0624. The van der Waals surface area contributed by atoms with E-state index in [1.54, 1.807) is 11.8 Å². The van der Waals surface area contributed by atoms with Crippen molar-refractivity contribution in [1.82, 2.24) is 9.55 Å². The van der Waals surface area contributed by atoms with Gasteiger partial charge in [0.2, 0.25) is 0 Å². The van der Waals surface area contributed by atoms with Crippen molar-refractivity contribution in [3.63, 3.8) is 0 Å². The predicted molar refractivity (Wildman–Crippen MR) is 108 cm³/mol. The molecule has 0 radical (unpaired) electrons. The molecule has 0 amide bonds. The molecule has 4 rings (SSSR count). The Balaban J connectivity index is 1.58. The largest absolute Gasteiger partial charge is 0.355 e. The maximum Gasteiger partial charge on any atom is 0.262 e. The zero-order valence-electron chi connectivity index (χ0n) is 15.6. The highest BCUT2D eigenvalue weighted by Crippen LogP contribution is 2.24. The molecule has 1 aliphatic carbocycles. The maximum atomic E-state index is 13.1. The van der Waals surface area contributed by atoms with E-state index in [0.29, 0.717) is 18.7 Å². The first-order valence-electron chi connectivity index (χ1n) is 9.81. The molecule has 1 aliphatic heterocycles. The smallest absolute Gasteiger partial charge is 0.262 e. The number of thioether (sulfide) groups is 1. The van der Waals surface area contributed by atoms with E-state index < -0.39 is 0 Å². The van der Waals surface area contributed by atoms with Crippen molar-refractivity contribution in [2.45, 2.75) is 56.3 Å². The van der Waals surface area contributed by atoms with Gasteiger partial charge in [-0.05, 0) is 50.7 Å². The Morgan fingerprint density at radius 1 is 1.26 bits per heavy atom. The number of ether oxygens (including phenoxy) is 2. The molecule has 0 N–H and O–H groups in total. The number of rotatable bonds is 6. The molecule has 1 aromatic carbocycles. The van der Waals surface area contributed by atoms with Gasteiger partial charge in [0.15, 0.2) is 5.16 Å². The van der Waals surface area contributed by atoms with Crippen molar-refractivity contribution in [1.29, 1.82) is 0 Å². The van der Waals surface area contributed by atoms with Gasteiger partial charge < -0.3 is 9.47 Å². The van der Waals surface area contributed by atoms with Gasteiger partial charge in [-0.3, -0.25) is 9.36 Å². The van der Waals surface area contributed by atoms with Crippen LogP contribution < -0.4 is 5.56 Å². The van der Waals surface area contributed by atoms with Crippen molar-refractivity contribution in [3.8, 4) is 0 Å². The Kier molecular flexibility index (Phi) is 6.27. The number of allylic oxidation sites excluding steroid dienone is 2. The van der Waals surface area contributed by atoms with Crippen LogP contribution in [0.5, 0.6) is 0 Å². The van der Waals surface area contributed by atoms with E-state index in [1.165, 1.54) is 24.8 Å². The molecular weight excluding hydrogens is 360 g/mol. The molecule has 1 aromatic heterocycles. The second kappa shape index (κ2) is 9.04. The fraction of sp³-hybridized carbons (Fsp3) is 0.524. The number of para-hydroxylation sites is 1. The van der Waals surface area contributed by atoms with Gasteiger partial charge in [-0.1, -0.05) is 35.5 Å². The SMILES string of the molecule is O=c1c2ccccc2nc(SC[C@@H]2CCOCO2)n1CCC1=CCCCC1. The summed E-state index contributed by atoms with van der Waals surface area (Å²) in [6.07, 6.45) is 9.20. The second-order valence-electron chi connectivity index (χ2n) is 7.14. The third kappa shape index (κ3) is 4.62. The van der Waals surface area contributed by atoms with Crippen LogP contribution in [0.15, 0.2) is 45.9 Å². The number of fused-ring (bicyclic) bond motifs is 1. The summed E-state index contributed by atoms with van der Waals surface area (Å²) in [6.45, 7) is 1.79. The number of hydrogen-bond donors (Lipinski definition) is 0. The summed E-state index contributed by atoms with van der Waals surface area (Å²) in [5, 5.41) is 1.49. The third-order valence-corrected chi connectivity index (χ3v) is 6.35. The Morgan fingerprint density at radius 2 is 2.19 bits per heavy atom. The molecule has 0 unspecified atom stereocenters. The van der Waals surface area contributed by atoms with Gasteiger partial charge in [-0.25, -0.2) is 4.98 Å². The van der Waals surface area contributed by atoms with E-state index >= 15 is 0 Å². The standard InChI is InChI=1S/C21H26N2O3S/c24-20-18-8-4-5-9-19(18)22-21(27-14-17-11-13-25-15-26-17)23(20)12-10-16-6-2-1-3-7-16/h4-6,8-9,17H,1-3,7,10-15H2/t17-/m0/s1. The van der Waals surface area contributed by atoms with E-state index in [-0.39, 0.29) is 11.7 Å². The quantitative estimate of drug-likeness (QED) is 0.424.